The topological polar surface area (TPSA) is 102 Å². The third-order valence-corrected chi connectivity index (χ3v) is 4.13. The summed E-state index contributed by atoms with van der Waals surface area (Å²) < 4.78 is 5.34. The maximum atomic E-state index is 12.6. The lowest BCUT2D eigenvalue weighted by molar-refractivity contribution is -0.136. The monoisotopic (exact) mass is 339 g/mol. The zero-order valence-corrected chi connectivity index (χ0v) is 13.4. The highest BCUT2D eigenvalue weighted by Gasteiger charge is 2.40. The van der Waals surface area contributed by atoms with Gasteiger partial charge >= 0.3 is 0 Å². The first kappa shape index (κ1) is 17.2. The van der Waals surface area contributed by atoms with Crippen molar-refractivity contribution in [1.82, 2.24) is 10.2 Å². The second kappa shape index (κ2) is 6.55. The number of imide groups is 1. The number of hydrogen-bond donors (Lipinski definition) is 2. The van der Waals surface area contributed by atoms with Crippen molar-refractivity contribution < 1.29 is 19.1 Å². The van der Waals surface area contributed by atoms with Gasteiger partial charge in [0.25, 0.3) is 5.91 Å². The molecule has 3 amide bonds. The number of nitrogens with zero attached hydrogens (tertiary/aromatic N) is 1. The summed E-state index contributed by atoms with van der Waals surface area (Å²) in [5, 5.41) is 2.28. The summed E-state index contributed by atoms with van der Waals surface area (Å²) >= 11 is 0. The second-order valence-corrected chi connectivity index (χ2v) is 5.43. The standard InChI is InChI=1S/C15H17N3O4.ClH/c1-22-12-5-8(6-16)4-9-10(12)7-18(15(9)21)11-2-3-13(19)17-14(11)20;/h4-5,11H,2-3,6-7,16H2,1H3,(H,17,19,20);1H. The molecule has 124 valence electrons. The fraction of sp³-hybridized carbons (Fsp3) is 0.400. The Kier molecular flexibility index (Phi) is 4.91. The highest BCUT2D eigenvalue weighted by molar-refractivity contribution is 6.05. The lowest BCUT2D eigenvalue weighted by Crippen LogP contribution is -2.52. The SMILES string of the molecule is COc1cc(CN)cc2c1CN(C1CCC(=O)NC1=O)C2=O.Cl. The van der Waals surface area contributed by atoms with Gasteiger partial charge in [-0.25, -0.2) is 0 Å². The molecule has 1 fully saturated rings. The molecule has 1 atom stereocenters. The molecule has 1 aromatic rings. The van der Waals surface area contributed by atoms with Gasteiger partial charge in [-0.2, -0.15) is 0 Å². The minimum absolute atomic E-state index is 0. The van der Waals surface area contributed by atoms with Crippen molar-refractivity contribution >= 4 is 30.1 Å². The molecule has 2 heterocycles. The third kappa shape index (κ3) is 2.89. The van der Waals surface area contributed by atoms with Crippen LogP contribution in [0.25, 0.3) is 0 Å². The molecule has 2 aliphatic heterocycles. The fourth-order valence-electron chi connectivity index (χ4n) is 2.98. The zero-order chi connectivity index (χ0) is 15.9. The Bertz CT molecular complexity index is 677. The van der Waals surface area contributed by atoms with Gasteiger partial charge in [-0.05, 0) is 24.1 Å². The molecule has 0 aromatic heterocycles. The number of carbonyl (C=O) groups excluding carboxylic acids is 3. The molecule has 0 radical (unpaired) electrons. The molecule has 1 aromatic carbocycles. The van der Waals surface area contributed by atoms with Crippen LogP contribution in [0.5, 0.6) is 5.75 Å². The number of nitrogens with two attached hydrogens (primary N) is 1. The number of rotatable bonds is 3. The lowest BCUT2D eigenvalue weighted by atomic mass is 10.0. The van der Waals surface area contributed by atoms with Gasteiger partial charge in [0.2, 0.25) is 11.8 Å². The number of carbonyl (C=O) groups is 3. The van der Waals surface area contributed by atoms with Gasteiger partial charge in [-0.15, -0.1) is 12.4 Å². The van der Waals surface area contributed by atoms with E-state index in [2.05, 4.69) is 5.32 Å². The molecule has 0 aliphatic carbocycles. The Morgan fingerprint density at radius 2 is 2.09 bits per heavy atom. The molecule has 3 rings (SSSR count). The van der Waals surface area contributed by atoms with E-state index in [-0.39, 0.29) is 30.6 Å². The van der Waals surface area contributed by atoms with Crippen LogP contribution in [0.3, 0.4) is 0 Å². The van der Waals surface area contributed by atoms with Gasteiger partial charge in [0.05, 0.1) is 13.7 Å². The first-order valence-corrected chi connectivity index (χ1v) is 7.09. The van der Waals surface area contributed by atoms with Gasteiger partial charge in [0, 0.05) is 24.1 Å². The number of ether oxygens (including phenoxy) is 1. The Hall–Kier alpha value is -2.12. The molecule has 23 heavy (non-hydrogen) atoms. The van der Waals surface area contributed by atoms with Crippen LogP contribution < -0.4 is 15.8 Å². The van der Waals surface area contributed by atoms with E-state index in [4.69, 9.17) is 10.5 Å². The molecule has 2 aliphatic rings. The first-order valence-electron chi connectivity index (χ1n) is 7.09. The van der Waals surface area contributed by atoms with Gasteiger partial charge in [0.15, 0.2) is 0 Å². The summed E-state index contributed by atoms with van der Waals surface area (Å²) in [6.45, 7) is 0.601. The van der Waals surface area contributed by atoms with Crippen molar-refractivity contribution in [2.24, 2.45) is 5.73 Å². The second-order valence-electron chi connectivity index (χ2n) is 5.43. The molecule has 1 saturated heterocycles. The van der Waals surface area contributed by atoms with E-state index in [9.17, 15) is 14.4 Å². The predicted molar refractivity (Wildman–Crippen MR) is 84.2 cm³/mol. The van der Waals surface area contributed by atoms with Crippen LogP contribution >= 0.6 is 12.4 Å². The zero-order valence-electron chi connectivity index (χ0n) is 12.6. The Morgan fingerprint density at radius 3 is 2.70 bits per heavy atom. The molecule has 8 heteroatoms. The molecule has 0 spiro atoms. The number of nitrogens with one attached hydrogen (secondary N) is 1. The van der Waals surface area contributed by atoms with E-state index < -0.39 is 11.9 Å². The maximum absolute atomic E-state index is 12.6. The average Bonchev–Trinajstić information content (AvgIpc) is 2.83. The smallest absolute Gasteiger partial charge is 0.255 e. The molecule has 7 nitrogen and oxygen atoms in total. The number of hydrogen-bond acceptors (Lipinski definition) is 5. The summed E-state index contributed by atoms with van der Waals surface area (Å²) in [6, 6.07) is 2.93. The van der Waals surface area contributed by atoms with Crippen LogP contribution in [0, 0.1) is 0 Å². The number of fused-ring (bicyclic) bond motifs is 1. The van der Waals surface area contributed by atoms with Crippen LogP contribution in [0.1, 0.15) is 34.3 Å². The summed E-state index contributed by atoms with van der Waals surface area (Å²) in [7, 11) is 1.54. The molecular weight excluding hydrogens is 322 g/mol. The quantitative estimate of drug-likeness (QED) is 0.773. The van der Waals surface area contributed by atoms with E-state index in [0.717, 1.165) is 11.1 Å². The number of piperidine rings is 1. The fourth-order valence-corrected chi connectivity index (χ4v) is 2.98. The summed E-state index contributed by atoms with van der Waals surface area (Å²) in [4.78, 5) is 37.4. The van der Waals surface area contributed by atoms with Gasteiger partial charge in [-0.1, -0.05) is 0 Å². The first-order chi connectivity index (χ1) is 10.5. The molecule has 0 saturated carbocycles. The Labute approximate surface area is 139 Å². The Balaban J connectivity index is 0.00000192. The summed E-state index contributed by atoms with van der Waals surface area (Å²) in [5.41, 5.74) is 7.72. The van der Waals surface area contributed by atoms with Crippen molar-refractivity contribution in [2.45, 2.75) is 32.0 Å². The summed E-state index contributed by atoms with van der Waals surface area (Å²) in [6.07, 6.45) is 0.582. The van der Waals surface area contributed by atoms with E-state index in [0.29, 0.717) is 30.8 Å². The normalized spacial score (nSPS) is 20.0. The van der Waals surface area contributed by atoms with Crippen molar-refractivity contribution in [3.63, 3.8) is 0 Å². The largest absolute Gasteiger partial charge is 0.496 e. The van der Waals surface area contributed by atoms with E-state index in [1.165, 1.54) is 12.0 Å². The average molecular weight is 340 g/mol. The predicted octanol–water partition coefficient (Wildman–Crippen LogP) is 0.337. The number of halogens is 1. The minimum Gasteiger partial charge on any atom is -0.496 e. The minimum atomic E-state index is -0.622. The number of methoxy groups -OCH3 is 1. The maximum Gasteiger partial charge on any atom is 0.255 e. The number of benzene rings is 1. The van der Waals surface area contributed by atoms with E-state index in [1.807, 2.05) is 0 Å². The van der Waals surface area contributed by atoms with Gasteiger partial charge in [-0.3, -0.25) is 19.7 Å². The van der Waals surface area contributed by atoms with Crippen molar-refractivity contribution in [3.05, 3.63) is 28.8 Å². The molecule has 3 N–H and O–H groups in total. The van der Waals surface area contributed by atoms with Crippen molar-refractivity contribution in [2.75, 3.05) is 7.11 Å². The number of amides is 3. The van der Waals surface area contributed by atoms with E-state index >= 15 is 0 Å². The summed E-state index contributed by atoms with van der Waals surface area (Å²) in [5.74, 6) is -0.344. The van der Waals surface area contributed by atoms with Crippen LogP contribution in [0.2, 0.25) is 0 Å². The van der Waals surface area contributed by atoms with E-state index in [1.54, 1.807) is 12.1 Å². The Morgan fingerprint density at radius 1 is 1.35 bits per heavy atom. The molecule has 0 bridgehead atoms. The van der Waals surface area contributed by atoms with Crippen LogP contribution in [-0.4, -0.2) is 35.8 Å². The van der Waals surface area contributed by atoms with Crippen molar-refractivity contribution in [1.29, 1.82) is 0 Å². The third-order valence-electron chi connectivity index (χ3n) is 4.13. The van der Waals surface area contributed by atoms with Crippen LogP contribution in [-0.2, 0) is 22.7 Å². The molecular formula is C15H18ClN3O4. The van der Waals surface area contributed by atoms with Crippen LogP contribution in [0.4, 0.5) is 0 Å². The van der Waals surface area contributed by atoms with Crippen LogP contribution in [0.15, 0.2) is 12.1 Å². The highest BCUT2D eigenvalue weighted by Crippen LogP contribution is 2.34. The highest BCUT2D eigenvalue weighted by atomic mass is 35.5. The van der Waals surface area contributed by atoms with Crippen molar-refractivity contribution in [3.8, 4) is 5.75 Å². The molecule has 1 unspecified atom stereocenters. The van der Waals surface area contributed by atoms with Gasteiger partial charge < -0.3 is 15.4 Å². The lowest BCUT2D eigenvalue weighted by Gasteiger charge is -2.29. The van der Waals surface area contributed by atoms with Gasteiger partial charge in [0.1, 0.15) is 11.8 Å².